The van der Waals surface area contributed by atoms with E-state index in [1.165, 1.54) is 6.26 Å². The maximum atomic E-state index is 13.3. The lowest BCUT2D eigenvalue weighted by molar-refractivity contribution is 0.188. The Morgan fingerprint density at radius 1 is 0.930 bits per heavy atom. The summed E-state index contributed by atoms with van der Waals surface area (Å²) in [6.07, 6.45) is 5.65. The molecule has 0 bridgehead atoms. The third kappa shape index (κ3) is 9.97. The first kappa shape index (κ1) is 32.3. The number of carbonyl (C=O) groups is 1. The third-order valence-corrected chi connectivity index (χ3v) is 8.89. The summed E-state index contributed by atoms with van der Waals surface area (Å²) in [7, 11) is -6.71. The SMILES string of the molecule is CCCCN(C(=O)NC1CCN(Cc2ccc(Oc3ccc(NS(C)(=O)=O)cc3)cc2)CC1)c1cccc(S(C)(=O)=O)c1. The molecular weight excluding hydrogens is 588 g/mol. The number of hydrogen-bond acceptors (Lipinski definition) is 7. The van der Waals surface area contributed by atoms with Crippen LogP contribution >= 0.6 is 0 Å². The number of nitrogens with one attached hydrogen (secondary N) is 2. The fourth-order valence-corrected chi connectivity index (χ4v) is 6.12. The zero-order chi connectivity index (χ0) is 31.0. The summed E-state index contributed by atoms with van der Waals surface area (Å²) in [5, 5.41) is 3.17. The number of amides is 2. The van der Waals surface area contributed by atoms with Gasteiger partial charge in [0.05, 0.1) is 11.2 Å². The molecule has 2 N–H and O–H groups in total. The van der Waals surface area contributed by atoms with Gasteiger partial charge in [-0.2, -0.15) is 0 Å². The highest BCUT2D eigenvalue weighted by atomic mass is 32.2. The van der Waals surface area contributed by atoms with Gasteiger partial charge in [0, 0.05) is 49.9 Å². The zero-order valence-corrected chi connectivity index (χ0v) is 26.5. The van der Waals surface area contributed by atoms with Crippen molar-refractivity contribution in [3.63, 3.8) is 0 Å². The van der Waals surface area contributed by atoms with Gasteiger partial charge in [0.1, 0.15) is 11.5 Å². The zero-order valence-electron chi connectivity index (χ0n) is 24.8. The van der Waals surface area contributed by atoms with Crippen molar-refractivity contribution in [2.45, 2.75) is 50.1 Å². The van der Waals surface area contributed by atoms with Crippen molar-refractivity contribution < 1.29 is 26.4 Å². The van der Waals surface area contributed by atoms with Crippen LogP contribution < -0.4 is 19.7 Å². The summed E-state index contributed by atoms with van der Waals surface area (Å²) in [5.74, 6) is 1.29. The first-order valence-electron chi connectivity index (χ1n) is 14.3. The summed E-state index contributed by atoms with van der Waals surface area (Å²) < 4.78 is 55.2. The van der Waals surface area contributed by atoms with E-state index in [1.807, 2.05) is 24.3 Å². The molecule has 0 saturated carbocycles. The van der Waals surface area contributed by atoms with Gasteiger partial charge in [-0.05, 0) is 79.4 Å². The van der Waals surface area contributed by atoms with Crippen molar-refractivity contribution in [3.05, 3.63) is 78.4 Å². The molecule has 232 valence electrons. The Morgan fingerprint density at radius 3 is 2.14 bits per heavy atom. The molecule has 1 fully saturated rings. The number of likely N-dealkylation sites (tertiary alicyclic amines) is 1. The fourth-order valence-electron chi connectivity index (χ4n) is 4.90. The van der Waals surface area contributed by atoms with Crippen LogP contribution in [0.4, 0.5) is 16.2 Å². The minimum Gasteiger partial charge on any atom is -0.457 e. The molecule has 12 heteroatoms. The minimum absolute atomic E-state index is 0.0424. The van der Waals surface area contributed by atoms with Gasteiger partial charge < -0.3 is 10.1 Å². The van der Waals surface area contributed by atoms with E-state index in [0.29, 0.717) is 29.4 Å². The van der Waals surface area contributed by atoms with Gasteiger partial charge in [-0.3, -0.25) is 14.5 Å². The van der Waals surface area contributed by atoms with E-state index in [-0.39, 0.29) is 17.0 Å². The Hall–Kier alpha value is -3.61. The van der Waals surface area contributed by atoms with E-state index in [1.54, 1.807) is 53.4 Å². The van der Waals surface area contributed by atoms with Crippen LogP contribution in [-0.4, -0.2) is 66.0 Å². The molecule has 4 rings (SSSR count). The van der Waals surface area contributed by atoms with Crippen LogP contribution in [0, 0.1) is 0 Å². The van der Waals surface area contributed by atoms with E-state index in [0.717, 1.165) is 57.1 Å². The minimum atomic E-state index is -3.38. The smallest absolute Gasteiger partial charge is 0.322 e. The summed E-state index contributed by atoms with van der Waals surface area (Å²) >= 11 is 0. The predicted octanol–water partition coefficient (Wildman–Crippen LogP) is 5.23. The molecule has 43 heavy (non-hydrogen) atoms. The van der Waals surface area contributed by atoms with E-state index < -0.39 is 19.9 Å². The van der Waals surface area contributed by atoms with E-state index in [4.69, 9.17) is 4.74 Å². The quantitative estimate of drug-likeness (QED) is 0.281. The Balaban J connectivity index is 1.27. The molecule has 1 aliphatic rings. The largest absolute Gasteiger partial charge is 0.457 e. The van der Waals surface area contributed by atoms with Crippen molar-refractivity contribution in [1.29, 1.82) is 0 Å². The van der Waals surface area contributed by atoms with Crippen molar-refractivity contribution in [1.82, 2.24) is 10.2 Å². The number of sulfonamides is 1. The van der Waals surface area contributed by atoms with Gasteiger partial charge in [-0.1, -0.05) is 31.5 Å². The number of urea groups is 1. The molecule has 1 saturated heterocycles. The number of sulfone groups is 1. The molecule has 1 heterocycles. The average molecular weight is 629 g/mol. The van der Waals surface area contributed by atoms with Crippen molar-refractivity contribution in [2.75, 3.05) is 41.8 Å². The van der Waals surface area contributed by atoms with Gasteiger partial charge in [-0.15, -0.1) is 0 Å². The topological polar surface area (TPSA) is 125 Å². The van der Waals surface area contributed by atoms with Crippen molar-refractivity contribution in [3.8, 4) is 11.5 Å². The van der Waals surface area contributed by atoms with Gasteiger partial charge in [-0.25, -0.2) is 21.6 Å². The number of unbranched alkanes of at least 4 members (excludes halogenated alkanes) is 1. The first-order chi connectivity index (χ1) is 20.4. The van der Waals surface area contributed by atoms with Crippen LogP contribution in [0.1, 0.15) is 38.2 Å². The second-order valence-corrected chi connectivity index (χ2v) is 14.7. The normalized spacial score (nSPS) is 14.7. The Bertz CT molecular complexity index is 1590. The lowest BCUT2D eigenvalue weighted by Gasteiger charge is -2.34. The second kappa shape index (κ2) is 14.2. The number of benzene rings is 3. The van der Waals surface area contributed by atoms with E-state index >= 15 is 0 Å². The molecule has 0 atom stereocenters. The molecule has 0 aromatic heterocycles. The molecule has 2 amide bonds. The summed E-state index contributed by atoms with van der Waals surface area (Å²) in [6.45, 7) is 5.04. The molecule has 3 aromatic carbocycles. The van der Waals surface area contributed by atoms with E-state index in [9.17, 15) is 21.6 Å². The lowest BCUT2D eigenvalue weighted by atomic mass is 10.0. The molecule has 0 aliphatic carbocycles. The molecular formula is C31H40N4O6S2. The number of carbonyl (C=O) groups excluding carboxylic acids is 1. The standard InChI is InChI=1S/C31H40N4O6S2/c1-4-5-19-35(27-7-6-8-30(22-27)42(2,37)38)31(36)32-25-17-20-34(21-18-25)23-24-9-13-28(14-10-24)41-29-15-11-26(12-16-29)33-43(3,39)40/h6-16,22,25,33H,4-5,17-21,23H2,1-3H3,(H,32,36). The number of ether oxygens (including phenoxy) is 1. The number of piperidine rings is 1. The Labute approximate surface area is 255 Å². The highest BCUT2D eigenvalue weighted by molar-refractivity contribution is 7.92. The fraction of sp³-hybridized carbons (Fsp3) is 0.387. The Morgan fingerprint density at radius 2 is 1.56 bits per heavy atom. The van der Waals surface area contributed by atoms with Gasteiger partial charge in [0.2, 0.25) is 10.0 Å². The van der Waals surface area contributed by atoms with Crippen LogP contribution in [0.15, 0.2) is 77.7 Å². The number of anilines is 2. The first-order valence-corrected chi connectivity index (χ1v) is 18.1. The molecule has 0 unspecified atom stereocenters. The summed E-state index contributed by atoms with van der Waals surface area (Å²) in [6, 6.07) is 21.0. The number of nitrogens with zero attached hydrogens (tertiary/aromatic N) is 2. The third-order valence-electron chi connectivity index (χ3n) is 7.18. The summed E-state index contributed by atoms with van der Waals surface area (Å²) in [4.78, 5) is 17.5. The van der Waals surface area contributed by atoms with Crippen LogP contribution in [0.5, 0.6) is 11.5 Å². The Kier molecular flexibility index (Phi) is 10.7. The maximum absolute atomic E-state index is 13.3. The summed E-state index contributed by atoms with van der Waals surface area (Å²) in [5.41, 5.74) is 2.21. The molecule has 10 nitrogen and oxygen atoms in total. The van der Waals surface area contributed by atoms with Crippen molar-refractivity contribution in [2.24, 2.45) is 0 Å². The van der Waals surface area contributed by atoms with E-state index in [2.05, 4.69) is 21.9 Å². The van der Waals surface area contributed by atoms with Crippen LogP contribution in [0.3, 0.4) is 0 Å². The molecule has 1 aliphatic heterocycles. The number of rotatable bonds is 12. The second-order valence-electron chi connectivity index (χ2n) is 10.9. The highest BCUT2D eigenvalue weighted by Crippen LogP contribution is 2.25. The number of hydrogen-bond donors (Lipinski definition) is 2. The van der Waals surface area contributed by atoms with Crippen LogP contribution in [0.25, 0.3) is 0 Å². The van der Waals surface area contributed by atoms with Crippen LogP contribution in [0.2, 0.25) is 0 Å². The average Bonchev–Trinajstić information content (AvgIpc) is 2.95. The van der Waals surface area contributed by atoms with Gasteiger partial charge in [0.15, 0.2) is 9.84 Å². The maximum Gasteiger partial charge on any atom is 0.322 e. The lowest BCUT2D eigenvalue weighted by Crippen LogP contribution is -2.49. The van der Waals surface area contributed by atoms with Gasteiger partial charge in [0.25, 0.3) is 0 Å². The van der Waals surface area contributed by atoms with Crippen molar-refractivity contribution >= 4 is 37.3 Å². The van der Waals surface area contributed by atoms with Gasteiger partial charge >= 0.3 is 6.03 Å². The molecule has 3 aromatic rings. The molecule has 0 radical (unpaired) electrons. The molecule has 0 spiro atoms. The highest BCUT2D eigenvalue weighted by Gasteiger charge is 2.24. The van der Waals surface area contributed by atoms with Crippen LogP contribution in [-0.2, 0) is 26.4 Å². The predicted molar refractivity (Wildman–Crippen MR) is 170 cm³/mol. The monoisotopic (exact) mass is 628 g/mol.